The van der Waals surface area contributed by atoms with Gasteiger partial charge in [0.15, 0.2) is 6.29 Å². The van der Waals surface area contributed by atoms with Crippen molar-refractivity contribution in [3.8, 4) is 16.9 Å². The van der Waals surface area contributed by atoms with E-state index in [1.54, 1.807) is 12.1 Å². The number of halogens is 2. The third-order valence-electron chi connectivity index (χ3n) is 2.41. The highest BCUT2D eigenvalue weighted by atomic mass is 35.5. The molecular formula is C13H8ClFO2. The second kappa shape index (κ2) is 4.55. The number of benzene rings is 2. The van der Waals surface area contributed by atoms with Crippen LogP contribution in [0.2, 0.25) is 5.02 Å². The van der Waals surface area contributed by atoms with Gasteiger partial charge in [0.05, 0.1) is 10.6 Å². The van der Waals surface area contributed by atoms with Crippen LogP contribution in [-0.4, -0.2) is 11.4 Å². The van der Waals surface area contributed by atoms with Gasteiger partial charge in [-0.15, -0.1) is 0 Å². The molecule has 0 saturated carbocycles. The SMILES string of the molecule is O=Cc1ccc(-c2ccc(F)c(Cl)c2)cc1O. The van der Waals surface area contributed by atoms with Crippen molar-refractivity contribution in [1.29, 1.82) is 0 Å². The van der Waals surface area contributed by atoms with E-state index in [1.165, 1.54) is 24.3 Å². The molecule has 2 aromatic carbocycles. The van der Waals surface area contributed by atoms with Gasteiger partial charge in [-0.05, 0) is 35.4 Å². The van der Waals surface area contributed by atoms with Crippen LogP contribution in [0.15, 0.2) is 36.4 Å². The summed E-state index contributed by atoms with van der Waals surface area (Å²) in [6.07, 6.45) is 0.566. The Morgan fingerprint density at radius 1 is 1.12 bits per heavy atom. The molecule has 2 nitrogen and oxygen atoms in total. The molecule has 0 amide bonds. The quantitative estimate of drug-likeness (QED) is 0.826. The number of hydrogen-bond donors (Lipinski definition) is 1. The Bertz CT molecular complexity index is 582. The van der Waals surface area contributed by atoms with E-state index in [9.17, 15) is 14.3 Å². The molecule has 0 aliphatic heterocycles. The maximum absolute atomic E-state index is 13.0. The fraction of sp³-hybridized carbons (Fsp3) is 0. The summed E-state index contributed by atoms with van der Waals surface area (Å²) in [4.78, 5) is 10.5. The minimum absolute atomic E-state index is 0.0152. The Labute approximate surface area is 102 Å². The number of hydrogen-bond acceptors (Lipinski definition) is 2. The van der Waals surface area contributed by atoms with E-state index >= 15 is 0 Å². The van der Waals surface area contributed by atoms with Gasteiger partial charge in [-0.25, -0.2) is 4.39 Å². The van der Waals surface area contributed by atoms with Gasteiger partial charge in [0.1, 0.15) is 11.6 Å². The number of aromatic hydroxyl groups is 1. The predicted molar refractivity (Wildman–Crippen MR) is 63.9 cm³/mol. The smallest absolute Gasteiger partial charge is 0.153 e. The molecule has 0 heterocycles. The largest absolute Gasteiger partial charge is 0.507 e. The molecular weight excluding hydrogens is 243 g/mol. The Balaban J connectivity index is 2.49. The van der Waals surface area contributed by atoms with E-state index in [0.29, 0.717) is 17.4 Å². The van der Waals surface area contributed by atoms with Crippen molar-refractivity contribution in [3.05, 3.63) is 52.8 Å². The molecule has 0 aliphatic carbocycles. The van der Waals surface area contributed by atoms with Gasteiger partial charge in [0.2, 0.25) is 0 Å². The third-order valence-corrected chi connectivity index (χ3v) is 2.70. The monoisotopic (exact) mass is 250 g/mol. The van der Waals surface area contributed by atoms with Crippen LogP contribution < -0.4 is 0 Å². The Hall–Kier alpha value is -1.87. The maximum atomic E-state index is 13.0. The summed E-state index contributed by atoms with van der Waals surface area (Å²) in [5, 5.41) is 9.55. The van der Waals surface area contributed by atoms with E-state index < -0.39 is 5.82 Å². The fourth-order valence-corrected chi connectivity index (χ4v) is 1.68. The zero-order chi connectivity index (χ0) is 12.4. The van der Waals surface area contributed by atoms with Crippen LogP contribution in [0.3, 0.4) is 0 Å². The molecule has 0 atom stereocenters. The molecule has 0 bridgehead atoms. The average molecular weight is 251 g/mol. The summed E-state index contributed by atoms with van der Waals surface area (Å²) in [5.41, 5.74) is 1.54. The standard InChI is InChI=1S/C13H8ClFO2/c14-11-5-8(3-4-12(11)15)9-1-2-10(7-16)13(17)6-9/h1-7,17H. The van der Waals surface area contributed by atoms with Crippen molar-refractivity contribution in [2.75, 3.05) is 0 Å². The van der Waals surface area contributed by atoms with E-state index in [0.717, 1.165) is 0 Å². The van der Waals surface area contributed by atoms with Gasteiger partial charge in [-0.1, -0.05) is 23.7 Å². The summed E-state index contributed by atoms with van der Waals surface area (Å²) < 4.78 is 13.0. The lowest BCUT2D eigenvalue weighted by Crippen LogP contribution is -1.84. The summed E-state index contributed by atoms with van der Waals surface area (Å²) in [6.45, 7) is 0. The van der Waals surface area contributed by atoms with Crippen LogP contribution in [0.5, 0.6) is 5.75 Å². The first-order chi connectivity index (χ1) is 8.11. The first-order valence-electron chi connectivity index (χ1n) is 4.85. The zero-order valence-corrected chi connectivity index (χ0v) is 9.41. The van der Waals surface area contributed by atoms with Gasteiger partial charge in [-0.2, -0.15) is 0 Å². The van der Waals surface area contributed by atoms with Crippen LogP contribution in [0.4, 0.5) is 4.39 Å². The molecule has 2 aromatic rings. The lowest BCUT2D eigenvalue weighted by atomic mass is 10.0. The minimum Gasteiger partial charge on any atom is -0.507 e. The predicted octanol–water partition coefficient (Wildman–Crippen LogP) is 3.66. The second-order valence-corrected chi connectivity index (χ2v) is 3.93. The van der Waals surface area contributed by atoms with Gasteiger partial charge in [0.25, 0.3) is 0 Å². The van der Waals surface area contributed by atoms with Crippen molar-refractivity contribution in [1.82, 2.24) is 0 Å². The number of rotatable bonds is 2. The van der Waals surface area contributed by atoms with Crippen molar-refractivity contribution in [2.24, 2.45) is 0 Å². The van der Waals surface area contributed by atoms with Crippen molar-refractivity contribution in [2.45, 2.75) is 0 Å². The third kappa shape index (κ3) is 2.29. The zero-order valence-electron chi connectivity index (χ0n) is 8.65. The Morgan fingerprint density at radius 2 is 1.76 bits per heavy atom. The van der Waals surface area contributed by atoms with Crippen LogP contribution in [0, 0.1) is 5.82 Å². The molecule has 1 N–H and O–H groups in total. The summed E-state index contributed by atoms with van der Waals surface area (Å²) in [7, 11) is 0. The van der Waals surface area contributed by atoms with Crippen LogP contribution in [-0.2, 0) is 0 Å². The molecule has 0 fully saturated rings. The molecule has 86 valence electrons. The van der Waals surface area contributed by atoms with Crippen LogP contribution in [0.25, 0.3) is 11.1 Å². The molecule has 0 unspecified atom stereocenters. The molecule has 0 radical (unpaired) electrons. The first kappa shape index (κ1) is 11.6. The first-order valence-corrected chi connectivity index (χ1v) is 5.23. The van der Waals surface area contributed by atoms with E-state index in [-0.39, 0.29) is 16.3 Å². The number of aldehydes is 1. The topological polar surface area (TPSA) is 37.3 Å². The van der Waals surface area contributed by atoms with Gasteiger partial charge >= 0.3 is 0 Å². The van der Waals surface area contributed by atoms with E-state index in [1.807, 2.05) is 0 Å². The van der Waals surface area contributed by atoms with Crippen molar-refractivity contribution >= 4 is 17.9 Å². The van der Waals surface area contributed by atoms with Crippen LogP contribution in [0.1, 0.15) is 10.4 Å². The number of phenols is 1. The van der Waals surface area contributed by atoms with Crippen molar-refractivity contribution in [3.63, 3.8) is 0 Å². The highest BCUT2D eigenvalue weighted by Crippen LogP contribution is 2.28. The fourth-order valence-electron chi connectivity index (χ4n) is 1.50. The maximum Gasteiger partial charge on any atom is 0.153 e. The highest BCUT2D eigenvalue weighted by molar-refractivity contribution is 6.31. The van der Waals surface area contributed by atoms with Gasteiger partial charge < -0.3 is 5.11 Å². The number of phenolic OH excluding ortho intramolecular Hbond substituents is 1. The molecule has 0 aromatic heterocycles. The van der Waals surface area contributed by atoms with Crippen LogP contribution >= 0.6 is 11.6 Å². The average Bonchev–Trinajstić information content (AvgIpc) is 2.32. The molecule has 2 rings (SSSR count). The minimum atomic E-state index is -0.496. The lowest BCUT2D eigenvalue weighted by Gasteiger charge is -2.05. The Kier molecular flexibility index (Phi) is 3.11. The summed E-state index contributed by atoms with van der Waals surface area (Å²) >= 11 is 5.67. The normalized spacial score (nSPS) is 10.2. The second-order valence-electron chi connectivity index (χ2n) is 3.52. The highest BCUT2D eigenvalue weighted by Gasteiger charge is 2.06. The van der Waals surface area contributed by atoms with Gasteiger partial charge in [-0.3, -0.25) is 4.79 Å². The number of carbonyl (C=O) groups is 1. The molecule has 0 spiro atoms. The molecule has 17 heavy (non-hydrogen) atoms. The van der Waals surface area contributed by atoms with E-state index in [2.05, 4.69) is 0 Å². The molecule has 4 heteroatoms. The molecule has 0 aliphatic rings. The number of carbonyl (C=O) groups excluding carboxylic acids is 1. The molecule has 0 saturated heterocycles. The lowest BCUT2D eigenvalue weighted by molar-refractivity contribution is 0.112. The summed E-state index contributed by atoms with van der Waals surface area (Å²) in [6, 6.07) is 8.86. The van der Waals surface area contributed by atoms with E-state index in [4.69, 9.17) is 11.6 Å². The Morgan fingerprint density at radius 3 is 2.35 bits per heavy atom. The summed E-state index contributed by atoms with van der Waals surface area (Å²) in [5.74, 6) is -0.609. The van der Waals surface area contributed by atoms with Crippen molar-refractivity contribution < 1.29 is 14.3 Å². The van der Waals surface area contributed by atoms with Gasteiger partial charge in [0, 0.05) is 0 Å².